The van der Waals surface area contributed by atoms with Gasteiger partial charge in [-0.1, -0.05) is 36.4 Å². The minimum absolute atomic E-state index is 0.154. The van der Waals surface area contributed by atoms with E-state index in [1.165, 1.54) is 6.20 Å². The summed E-state index contributed by atoms with van der Waals surface area (Å²) in [6.07, 6.45) is 2.03. The minimum Gasteiger partial charge on any atom is -0.506 e. The number of rotatable bonds is 3. The van der Waals surface area contributed by atoms with Crippen molar-refractivity contribution in [2.75, 3.05) is 0 Å². The van der Waals surface area contributed by atoms with E-state index in [0.29, 0.717) is 12.1 Å². The molecule has 27 heavy (non-hydrogen) atoms. The van der Waals surface area contributed by atoms with Crippen LogP contribution in [0.2, 0.25) is 0 Å². The first-order valence-electron chi connectivity index (χ1n) is 8.61. The number of hydrogen-bond acceptors (Lipinski definition) is 5. The van der Waals surface area contributed by atoms with E-state index in [9.17, 15) is 5.11 Å². The lowest BCUT2D eigenvalue weighted by atomic mass is 10.1. The fourth-order valence-electron chi connectivity index (χ4n) is 3.17. The van der Waals surface area contributed by atoms with Gasteiger partial charge in [0.15, 0.2) is 11.5 Å². The number of hydrogen-bond donors (Lipinski definition) is 1. The van der Waals surface area contributed by atoms with Crippen LogP contribution in [0.3, 0.4) is 0 Å². The second kappa shape index (κ2) is 6.17. The normalized spacial score (nSPS) is 11.3. The molecule has 0 aliphatic carbocycles. The maximum absolute atomic E-state index is 9.66. The predicted molar refractivity (Wildman–Crippen MR) is 102 cm³/mol. The SMILES string of the molecule is Oc1cnc2ccc(Cc3nnc4ccc(-c5ccccc5)nn34)cc2c1. The lowest BCUT2D eigenvalue weighted by Crippen LogP contribution is -2.01. The molecular weight excluding hydrogens is 338 g/mol. The van der Waals surface area contributed by atoms with Crippen LogP contribution in [0, 0.1) is 0 Å². The molecule has 5 rings (SSSR count). The number of pyridine rings is 1. The molecule has 0 bridgehead atoms. The van der Waals surface area contributed by atoms with Gasteiger partial charge in [0.1, 0.15) is 5.75 Å². The van der Waals surface area contributed by atoms with Gasteiger partial charge >= 0.3 is 0 Å². The Balaban J connectivity index is 1.55. The molecule has 5 aromatic rings. The molecule has 0 fully saturated rings. The van der Waals surface area contributed by atoms with Gasteiger partial charge in [0.25, 0.3) is 0 Å². The van der Waals surface area contributed by atoms with Crippen molar-refractivity contribution in [3.05, 3.63) is 84.3 Å². The second-order valence-corrected chi connectivity index (χ2v) is 6.37. The molecule has 3 aromatic heterocycles. The predicted octanol–water partition coefficient (Wildman–Crippen LogP) is 3.64. The van der Waals surface area contributed by atoms with Crippen molar-refractivity contribution >= 4 is 16.6 Å². The monoisotopic (exact) mass is 353 g/mol. The zero-order valence-electron chi connectivity index (χ0n) is 14.3. The van der Waals surface area contributed by atoms with E-state index >= 15 is 0 Å². The molecule has 0 aliphatic rings. The van der Waals surface area contributed by atoms with Crippen LogP contribution in [0.15, 0.2) is 72.9 Å². The lowest BCUT2D eigenvalue weighted by Gasteiger charge is -2.05. The Morgan fingerprint density at radius 1 is 0.889 bits per heavy atom. The van der Waals surface area contributed by atoms with E-state index in [1.807, 2.05) is 60.7 Å². The summed E-state index contributed by atoms with van der Waals surface area (Å²) in [6.45, 7) is 0. The molecule has 0 amide bonds. The van der Waals surface area contributed by atoms with Crippen molar-refractivity contribution < 1.29 is 5.11 Å². The average molecular weight is 353 g/mol. The third-order valence-electron chi connectivity index (χ3n) is 4.49. The van der Waals surface area contributed by atoms with E-state index in [0.717, 1.165) is 33.5 Å². The van der Waals surface area contributed by atoms with Crippen LogP contribution < -0.4 is 0 Å². The van der Waals surface area contributed by atoms with Gasteiger partial charge in [0.05, 0.1) is 17.4 Å². The van der Waals surface area contributed by atoms with E-state index in [1.54, 1.807) is 10.6 Å². The zero-order chi connectivity index (χ0) is 18.2. The Labute approximate surface area is 154 Å². The van der Waals surface area contributed by atoms with Gasteiger partial charge < -0.3 is 5.11 Å². The Morgan fingerprint density at radius 3 is 2.67 bits per heavy atom. The highest BCUT2D eigenvalue weighted by Gasteiger charge is 2.10. The Morgan fingerprint density at radius 2 is 1.78 bits per heavy atom. The molecule has 0 aliphatic heterocycles. The van der Waals surface area contributed by atoms with Crippen LogP contribution in [-0.2, 0) is 6.42 Å². The van der Waals surface area contributed by atoms with Crippen molar-refractivity contribution in [3.8, 4) is 17.0 Å². The maximum atomic E-state index is 9.66. The molecule has 0 atom stereocenters. The third kappa shape index (κ3) is 2.87. The summed E-state index contributed by atoms with van der Waals surface area (Å²) in [5.74, 6) is 0.914. The number of aromatic hydroxyl groups is 1. The number of aromatic nitrogens is 5. The number of fused-ring (bicyclic) bond motifs is 2. The maximum Gasteiger partial charge on any atom is 0.177 e. The first-order valence-corrected chi connectivity index (χ1v) is 8.61. The van der Waals surface area contributed by atoms with Crippen LogP contribution in [0.1, 0.15) is 11.4 Å². The van der Waals surface area contributed by atoms with Crippen molar-refractivity contribution in [2.24, 2.45) is 0 Å². The molecule has 2 aromatic carbocycles. The Hall–Kier alpha value is -3.80. The first-order chi connectivity index (χ1) is 13.3. The van der Waals surface area contributed by atoms with E-state index in [2.05, 4.69) is 15.2 Å². The molecule has 0 unspecified atom stereocenters. The summed E-state index contributed by atoms with van der Waals surface area (Å²) in [5.41, 5.74) is 4.52. The number of nitrogens with zero attached hydrogens (tertiary/aromatic N) is 5. The van der Waals surface area contributed by atoms with Gasteiger partial charge in [0, 0.05) is 17.4 Å². The topological polar surface area (TPSA) is 76.2 Å². The molecule has 1 N–H and O–H groups in total. The first kappa shape index (κ1) is 15.5. The summed E-state index contributed by atoms with van der Waals surface area (Å²) < 4.78 is 1.78. The van der Waals surface area contributed by atoms with Gasteiger partial charge in [-0.05, 0) is 35.9 Å². The van der Waals surface area contributed by atoms with E-state index < -0.39 is 0 Å². The smallest absolute Gasteiger partial charge is 0.177 e. The standard InChI is InChI=1S/C21H15N5O/c27-17-12-16-10-14(6-7-18(16)22-13-17)11-21-24-23-20-9-8-19(25-26(20)21)15-4-2-1-3-5-15/h1-10,12-13,27H,11H2. The summed E-state index contributed by atoms with van der Waals surface area (Å²) in [7, 11) is 0. The van der Waals surface area contributed by atoms with Crippen LogP contribution in [-0.4, -0.2) is 29.9 Å². The minimum atomic E-state index is 0.154. The highest BCUT2D eigenvalue weighted by Crippen LogP contribution is 2.21. The van der Waals surface area contributed by atoms with E-state index in [4.69, 9.17) is 5.10 Å². The summed E-state index contributed by atoms with van der Waals surface area (Å²) in [4.78, 5) is 4.22. The molecule has 0 radical (unpaired) electrons. The van der Waals surface area contributed by atoms with Crippen molar-refractivity contribution in [3.63, 3.8) is 0 Å². The Kier molecular flexibility index (Phi) is 3.53. The summed E-state index contributed by atoms with van der Waals surface area (Å²) in [6, 6.07) is 21.6. The van der Waals surface area contributed by atoms with Crippen molar-refractivity contribution in [2.45, 2.75) is 6.42 Å². The Bertz CT molecular complexity index is 1260. The molecule has 0 spiro atoms. The van der Waals surface area contributed by atoms with Crippen LogP contribution in [0.4, 0.5) is 0 Å². The van der Waals surface area contributed by atoms with Crippen LogP contribution >= 0.6 is 0 Å². The average Bonchev–Trinajstić information content (AvgIpc) is 3.10. The second-order valence-electron chi connectivity index (χ2n) is 6.37. The summed E-state index contributed by atoms with van der Waals surface area (Å²) in [5, 5.41) is 23.8. The number of benzene rings is 2. The molecule has 130 valence electrons. The third-order valence-corrected chi connectivity index (χ3v) is 4.49. The fourth-order valence-corrected chi connectivity index (χ4v) is 3.17. The van der Waals surface area contributed by atoms with Crippen LogP contribution in [0.5, 0.6) is 5.75 Å². The highest BCUT2D eigenvalue weighted by molar-refractivity contribution is 5.80. The molecule has 6 nitrogen and oxygen atoms in total. The fraction of sp³-hybridized carbons (Fsp3) is 0.0476. The van der Waals surface area contributed by atoms with Gasteiger partial charge in [-0.25, -0.2) is 0 Å². The molecule has 6 heteroatoms. The van der Waals surface area contributed by atoms with Crippen molar-refractivity contribution in [1.29, 1.82) is 0 Å². The molecule has 3 heterocycles. The van der Waals surface area contributed by atoms with Gasteiger partial charge in [-0.2, -0.15) is 9.61 Å². The van der Waals surface area contributed by atoms with Gasteiger partial charge in [-0.15, -0.1) is 10.2 Å². The van der Waals surface area contributed by atoms with E-state index in [-0.39, 0.29) is 5.75 Å². The highest BCUT2D eigenvalue weighted by atomic mass is 16.3. The lowest BCUT2D eigenvalue weighted by molar-refractivity contribution is 0.474. The molecule has 0 saturated carbocycles. The zero-order valence-corrected chi connectivity index (χ0v) is 14.3. The van der Waals surface area contributed by atoms with Gasteiger partial charge in [0.2, 0.25) is 0 Å². The quantitative estimate of drug-likeness (QED) is 0.536. The van der Waals surface area contributed by atoms with Crippen molar-refractivity contribution in [1.82, 2.24) is 24.8 Å². The molecular formula is C21H15N5O. The largest absolute Gasteiger partial charge is 0.506 e. The summed E-state index contributed by atoms with van der Waals surface area (Å²) >= 11 is 0. The van der Waals surface area contributed by atoms with Gasteiger partial charge in [-0.3, -0.25) is 4.98 Å². The molecule has 0 saturated heterocycles. The van der Waals surface area contributed by atoms with Crippen LogP contribution in [0.25, 0.3) is 27.8 Å².